The number of nitrogens with one attached hydrogen (secondary N) is 1. The van der Waals surface area contributed by atoms with Crippen molar-refractivity contribution < 1.29 is 9.72 Å². The Hall–Kier alpha value is -3.01. The molecule has 9 nitrogen and oxygen atoms in total. The highest BCUT2D eigenvalue weighted by atomic mass is 79.9. The minimum Gasteiger partial charge on any atom is -0.358 e. The van der Waals surface area contributed by atoms with Crippen LogP contribution in [0.15, 0.2) is 53.4 Å². The minimum absolute atomic E-state index is 0.147. The first-order valence-corrected chi connectivity index (χ1v) is 8.54. The lowest BCUT2D eigenvalue weighted by Gasteiger charge is -2.07. The van der Waals surface area contributed by atoms with Crippen LogP contribution in [0.5, 0.6) is 0 Å². The Morgan fingerprint density at radius 1 is 1.31 bits per heavy atom. The van der Waals surface area contributed by atoms with Crippen LogP contribution >= 0.6 is 15.9 Å². The number of amides is 1. The molecular formula is C16H15BrN6O3. The molecule has 0 saturated heterocycles. The number of halogens is 1. The first-order chi connectivity index (χ1) is 12.5. The van der Waals surface area contributed by atoms with E-state index in [0.717, 1.165) is 5.56 Å². The van der Waals surface area contributed by atoms with Gasteiger partial charge in [0.2, 0.25) is 5.91 Å². The first-order valence-electron chi connectivity index (χ1n) is 7.75. The van der Waals surface area contributed by atoms with Gasteiger partial charge in [-0.2, -0.15) is 9.78 Å². The van der Waals surface area contributed by atoms with E-state index in [2.05, 4.69) is 31.4 Å². The number of nitrogens with zero attached hydrogens (tertiary/aromatic N) is 5. The fraction of sp³-hybridized carbons (Fsp3) is 0.188. The van der Waals surface area contributed by atoms with Crippen LogP contribution in [-0.2, 0) is 17.9 Å². The molecule has 0 spiro atoms. The van der Waals surface area contributed by atoms with E-state index in [1.165, 1.54) is 10.9 Å². The highest BCUT2D eigenvalue weighted by Crippen LogP contribution is 2.22. The second kappa shape index (κ2) is 7.91. The molecule has 0 saturated carbocycles. The minimum atomic E-state index is -0.578. The summed E-state index contributed by atoms with van der Waals surface area (Å²) in [6.07, 6.45) is 5.21. The van der Waals surface area contributed by atoms with Gasteiger partial charge in [-0.05, 0) is 44.6 Å². The van der Waals surface area contributed by atoms with Crippen LogP contribution in [0.4, 0.5) is 11.5 Å². The summed E-state index contributed by atoms with van der Waals surface area (Å²) in [5.74, 6) is -0.466. The van der Waals surface area contributed by atoms with Crippen molar-refractivity contribution in [1.29, 1.82) is 0 Å². The van der Waals surface area contributed by atoms with E-state index in [1.807, 2.05) is 30.5 Å². The monoisotopic (exact) mass is 418 g/mol. The number of carbonyl (C=O) groups excluding carboxylic acids is 1. The molecule has 0 fully saturated rings. The zero-order valence-electron chi connectivity index (χ0n) is 13.6. The second-order valence-electron chi connectivity index (χ2n) is 5.52. The fourth-order valence-corrected chi connectivity index (χ4v) is 2.85. The molecule has 0 aliphatic carbocycles. The number of hydrogen-bond donors (Lipinski definition) is 1. The van der Waals surface area contributed by atoms with Crippen molar-refractivity contribution in [3.63, 3.8) is 0 Å². The summed E-state index contributed by atoms with van der Waals surface area (Å²) in [5.41, 5.74) is 1.70. The Kier molecular flexibility index (Phi) is 5.42. The van der Waals surface area contributed by atoms with Crippen LogP contribution in [0.1, 0.15) is 12.0 Å². The van der Waals surface area contributed by atoms with Crippen molar-refractivity contribution in [3.05, 3.63) is 69.1 Å². The van der Waals surface area contributed by atoms with Crippen molar-refractivity contribution in [2.24, 2.45) is 0 Å². The SMILES string of the molecule is O=C(CCn1cc(Br)c([N+](=O)[O-])n1)Nc1cccc(Cn2cccn2)c1. The molecule has 1 N–H and O–H groups in total. The molecule has 2 heterocycles. The molecule has 1 aromatic carbocycles. The summed E-state index contributed by atoms with van der Waals surface area (Å²) in [4.78, 5) is 22.3. The molecule has 0 unspecified atom stereocenters. The van der Waals surface area contributed by atoms with E-state index < -0.39 is 4.92 Å². The van der Waals surface area contributed by atoms with Crippen molar-refractivity contribution in [2.75, 3.05) is 5.32 Å². The maximum absolute atomic E-state index is 12.1. The number of rotatable bonds is 7. The zero-order valence-corrected chi connectivity index (χ0v) is 15.2. The van der Waals surface area contributed by atoms with E-state index in [0.29, 0.717) is 12.2 Å². The molecule has 0 bridgehead atoms. The molecule has 3 rings (SSSR count). The van der Waals surface area contributed by atoms with Crippen molar-refractivity contribution in [3.8, 4) is 0 Å². The Bertz CT molecular complexity index is 922. The lowest BCUT2D eigenvalue weighted by molar-refractivity contribution is -0.390. The third-order valence-electron chi connectivity index (χ3n) is 3.55. The van der Waals surface area contributed by atoms with Gasteiger partial charge in [0.05, 0.1) is 24.4 Å². The van der Waals surface area contributed by atoms with Gasteiger partial charge in [0, 0.05) is 24.5 Å². The summed E-state index contributed by atoms with van der Waals surface area (Å²) in [5, 5.41) is 21.6. The maximum atomic E-state index is 12.1. The topological polar surface area (TPSA) is 108 Å². The molecule has 0 aliphatic rings. The van der Waals surface area contributed by atoms with Crippen LogP contribution in [-0.4, -0.2) is 30.4 Å². The lowest BCUT2D eigenvalue weighted by atomic mass is 10.2. The fourth-order valence-electron chi connectivity index (χ4n) is 2.39. The van der Waals surface area contributed by atoms with Gasteiger partial charge < -0.3 is 15.4 Å². The Labute approximate surface area is 156 Å². The lowest BCUT2D eigenvalue weighted by Crippen LogP contribution is -2.15. The molecule has 2 aromatic heterocycles. The molecule has 0 atom stereocenters. The van der Waals surface area contributed by atoms with Gasteiger partial charge in [-0.1, -0.05) is 12.1 Å². The summed E-state index contributed by atoms with van der Waals surface area (Å²) in [7, 11) is 0. The third kappa shape index (κ3) is 4.54. The number of carbonyl (C=O) groups is 1. The quantitative estimate of drug-likeness (QED) is 0.468. The van der Waals surface area contributed by atoms with Gasteiger partial charge in [-0.15, -0.1) is 0 Å². The number of aromatic nitrogens is 4. The standard InChI is InChI=1S/C16H15BrN6O3/c17-14-11-22(20-16(14)23(25)26)8-5-15(24)19-13-4-1-3-12(9-13)10-21-7-2-6-18-21/h1-4,6-7,9,11H,5,8,10H2,(H,19,24). The average Bonchev–Trinajstić information content (AvgIpc) is 3.23. The Morgan fingerprint density at radius 3 is 2.85 bits per heavy atom. The van der Waals surface area contributed by atoms with E-state index in [1.54, 1.807) is 16.9 Å². The molecule has 3 aromatic rings. The van der Waals surface area contributed by atoms with Gasteiger partial charge in [0.15, 0.2) is 0 Å². The molecule has 1 amide bonds. The van der Waals surface area contributed by atoms with Crippen LogP contribution in [0.2, 0.25) is 0 Å². The van der Waals surface area contributed by atoms with Crippen molar-refractivity contribution in [1.82, 2.24) is 19.6 Å². The van der Waals surface area contributed by atoms with Crippen LogP contribution in [0.25, 0.3) is 0 Å². The van der Waals surface area contributed by atoms with Gasteiger partial charge in [-0.3, -0.25) is 9.48 Å². The predicted molar refractivity (Wildman–Crippen MR) is 97.6 cm³/mol. The van der Waals surface area contributed by atoms with Crippen LogP contribution < -0.4 is 5.32 Å². The smallest absolute Gasteiger partial charge is 0.358 e. The van der Waals surface area contributed by atoms with Gasteiger partial charge in [0.1, 0.15) is 4.47 Å². The van der Waals surface area contributed by atoms with Crippen molar-refractivity contribution >= 4 is 33.3 Å². The zero-order chi connectivity index (χ0) is 18.5. The normalized spacial score (nSPS) is 10.7. The summed E-state index contributed by atoms with van der Waals surface area (Å²) >= 11 is 3.08. The molecule has 0 aliphatic heterocycles. The maximum Gasteiger partial charge on any atom is 0.404 e. The molecular weight excluding hydrogens is 404 g/mol. The molecule has 134 valence electrons. The number of anilines is 1. The Morgan fingerprint density at radius 2 is 2.15 bits per heavy atom. The van der Waals surface area contributed by atoms with Crippen molar-refractivity contribution in [2.45, 2.75) is 19.5 Å². The van der Waals surface area contributed by atoms with E-state index >= 15 is 0 Å². The van der Waals surface area contributed by atoms with Gasteiger partial charge >= 0.3 is 5.82 Å². The van der Waals surface area contributed by atoms with Gasteiger partial charge in [0.25, 0.3) is 0 Å². The number of aryl methyl sites for hydroxylation is 1. The summed E-state index contributed by atoms with van der Waals surface area (Å²) < 4.78 is 3.45. The first kappa shape index (κ1) is 17.8. The highest BCUT2D eigenvalue weighted by molar-refractivity contribution is 9.10. The predicted octanol–water partition coefficient (Wildman–Crippen LogP) is 2.83. The summed E-state index contributed by atoms with van der Waals surface area (Å²) in [6.45, 7) is 0.854. The number of benzene rings is 1. The molecule has 26 heavy (non-hydrogen) atoms. The number of nitro groups is 1. The summed E-state index contributed by atoms with van der Waals surface area (Å²) in [6, 6.07) is 9.36. The van der Waals surface area contributed by atoms with E-state index in [4.69, 9.17) is 0 Å². The van der Waals surface area contributed by atoms with Crippen LogP contribution in [0.3, 0.4) is 0 Å². The van der Waals surface area contributed by atoms with Crippen LogP contribution in [0, 0.1) is 10.1 Å². The van der Waals surface area contributed by atoms with E-state index in [-0.39, 0.29) is 29.2 Å². The highest BCUT2D eigenvalue weighted by Gasteiger charge is 2.18. The van der Waals surface area contributed by atoms with E-state index in [9.17, 15) is 14.9 Å². The molecule has 0 radical (unpaired) electrons. The largest absolute Gasteiger partial charge is 0.404 e. The number of hydrogen-bond acceptors (Lipinski definition) is 5. The third-order valence-corrected chi connectivity index (χ3v) is 4.11. The average molecular weight is 419 g/mol. The Balaban J connectivity index is 1.56. The molecule has 10 heteroatoms. The van der Waals surface area contributed by atoms with Gasteiger partial charge in [-0.25, -0.2) is 0 Å². The second-order valence-corrected chi connectivity index (χ2v) is 6.38.